The Morgan fingerprint density at radius 1 is 0.595 bits per heavy atom. The van der Waals surface area contributed by atoms with Crippen molar-refractivity contribution in [1.29, 1.82) is 0 Å². The van der Waals surface area contributed by atoms with Gasteiger partial charge in [0.1, 0.15) is 17.5 Å². The van der Waals surface area contributed by atoms with Crippen molar-refractivity contribution >= 4 is 11.6 Å². The number of hydrogen-bond donors (Lipinski definition) is 0. The molecule has 0 aliphatic heterocycles. The molecule has 1 aliphatic carbocycles. The van der Waals surface area contributed by atoms with Crippen LogP contribution in [0.1, 0.15) is 79.7 Å². The first kappa shape index (κ1) is 27.8. The molecule has 37 heavy (non-hydrogen) atoms. The zero-order valence-corrected chi connectivity index (χ0v) is 22.6. The molecular weight excluding hydrogens is 489 g/mol. The predicted octanol–water partition coefficient (Wildman–Crippen LogP) is 9.87. The Morgan fingerprint density at radius 2 is 1.08 bits per heavy atom. The molecule has 0 atom stereocenters. The standard InChI is InChI=1S/C33H38ClF3/c1-2-3-23-4-6-24(7-5-23)8-9-25-10-12-26(13-11-25)14-15-28-21-31(35)29(32(36)22-28)18-16-27-17-19-30(34)33(37)20-27/h4-7,17,19-22,25-26H,2-3,8-16,18H2,1H3/t25-,26-. The van der Waals surface area contributed by atoms with E-state index in [4.69, 9.17) is 11.6 Å². The molecule has 0 N–H and O–H groups in total. The van der Waals surface area contributed by atoms with E-state index in [0.717, 1.165) is 30.7 Å². The molecular formula is C33H38ClF3. The van der Waals surface area contributed by atoms with Crippen molar-refractivity contribution in [2.75, 3.05) is 0 Å². The van der Waals surface area contributed by atoms with Crippen molar-refractivity contribution in [3.63, 3.8) is 0 Å². The lowest BCUT2D eigenvalue weighted by Gasteiger charge is -2.28. The van der Waals surface area contributed by atoms with Gasteiger partial charge in [-0.15, -0.1) is 0 Å². The molecule has 0 amide bonds. The monoisotopic (exact) mass is 526 g/mol. The van der Waals surface area contributed by atoms with Crippen molar-refractivity contribution < 1.29 is 13.2 Å². The maximum absolute atomic E-state index is 14.7. The van der Waals surface area contributed by atoms with Gasteiger partial charge in [0.2, 0.25) is 0 Å². The molecule has 0 unspecified atom stereocenters. The van der Waals surface area contributed by atoms with Gasteiger partial charge in [0.25, 0.3) is 0 Å². The van der Waals surface area contributed by atoms with Crippen LogP contribution < -0.4 is 0 Å². The van der Waals surface area contributed by atoms with Gasteiger partial charge in [0, 0.05) is 5.56 Å². The second-order valence-corrected chi connectivity index (χ2v) is 11.2. The maximum atomic E-state index is 14.7. The van der Waals surface area contributed by atoms with Crippen molar-refractivity contribution in [3.8, 4) is 0 Å². The molecule has 198 valence electrons. The lowest BCUT2D eigenvalue weighted by atomic mass is 9.77. The van der Waals surface area contributed by atoms with Crippen LogP contribution in [0.3, 0.4) is 0 Å². The summed E-state index contributed by atoms with van der Waals surface area (Å²) >= 11 is 5.71. The first-order valence-electron chi connectivity index (χ1n) is 13.9. The van der Waals surface area contributed by atoms with Crippen LogP contribution >= 0.6 is 11.6 Å². The lowest BCUT2D eigenvalue weighted by molar-refractivity contribution is 0.253. The normalized spacial score (nSPS) is 17.8. The van der Waals surface area contributed by atoms with Crippen LogP contribution in [0.25, 0.3) is 0 Å². The van der Waals surface area contributed by atoms with Crippen LogP contribution in [0.2, 0.25) is 5.02 Å². The summed E-state index contributed by atoms with van der Waals surface area (Å²) in [5.74, 6) is -0.0987. The van der Waals surface area contributed by atoms with Gasteiger partial charge in [0.15, 0.2) is 0 Å². The van der Waals surface area contributed by atoms with Crippen molar-refractivity contribution in [2.45, 2.75) is 84.0 Å². The molecule has 0 nitrogen and oxygen atoms in total. The fraction of sp³-hybridized carbons (Fsp3) is 0.455. The van der Waals surface area contributed by atoms with Gasteiger partial charge in [-0.25, -0.2) is 13.2 Å². The molecule has 3 aromatic carbocycles. The third-order valence-corrected chi connectivity index (χ3v) is 8.37. The lowest BCUT2D eigenvalue weighted by Crippen LogP contribution is -2.16. The van der Waals surface area contributed by atoms with Gasteiger partial charge in [-0.1, -0.05) is 81.0 Å². The minimum Gasteiger partial charge on any atom is -0.207 e. The van der Waals surface area contributed by atoms with Gasteiger partial charge in [0.05, 0.1) is 5.02 Å². The average Bonchev–Trinajstić information content (AvgIpc) is 2.89. The van der Waals surface area contributed by atoms with Crippen LogP contribution in [-0.4, -0.2) is 0 Å². The van der Waals surface area contributed by atoms with E-state index in [-0.39, 0.29) is 17.0 Å². The molecule has 0 spiro atoms. The zero-order valence-electron chi connectivity index (χ0n) is 21.8. The molecule has 0 heterocycles. The Labute approximate surface area is 225 Å². The minimum atomic E-state index is -0.512. The fourth-order valence-electron chi connectivity index (χ4n) is 5.71. The third-order valence-electron chi connectivity index (χ3n) is 8.06. The molecule has 1 saturated carbocycles. The Morgan fingerprint density at radius 3 is 1.62 bits per heavy atom. The van der Waals surface area contributed by atoms with E-state index >= 15 is 0 Å². The molecule has 1 fully saturated rings. The summed E-state index contributed by atoms with van der Waals surface area (Å²) in [5, 5.41) is 0.0481. The van der Waals surface area contributed by atoms with Crippen LogP contribution in [0.4, 0.5) is 13.2 Å². The largest absolute Gasteiger partial charge is 0.207 e. The van der Waals surface area contributed by atoms with E-state index in [0.29, 0.717) is 24.3 Å². The maximum Gasteiger partial charge on any atom is 0.142 e. The number of hydrogen-bond acceptors (Lipinski definition) is 0. The Kier molecular flexibility index (Phi) is 10.1. The van der Waals surface area contributed by atoms with Crippen molar-refractivity contribution in [2.24, 2.45) is 11.8 Å². The van der Waals surface area contributed by atoms with Gasteiger partial charge in [-0.2, -0.15) is 0 Å². The van der Waals surface area contributed by atoms with E-state index in [2.05, 4.69) is 31.2 Å². The van der Waals surface area contributed by atoms with Gasteiger partial charge < -0.3 is 0 Å². The SMILES string of the molecule is CCCc1ccc(CC[C@H]2CC[C@H](CCc3cc(F)c(CCc4ccc(Cl)c(F)c4)c(F)c3)CC2)cc1. The summed E-state index contributed by atoms with van der Waals surface area (Å²) in [4.78, 5) is 0. The van der Waals surface area contributed by atoms with E-state index in [1.165, 1.54) is 73.9 Å². The summed E-state index contributed by atoms with van der Waals surface area (Å²) in [6.45, 7) is 2.22. The second-order valence-electron chi connectivity index (χ2n) is 10.8. The molecule has 3 aromatic rings. The first-order chi connectivity index (χ1) is 17.9. The number of rotatable bonds is 11. The summed E-state index contributed by atoms with van der Waals surface area (Å²) in [6, 6.07) is 16.6. The van der Waals surface area contributed by atoms with E-state index in [1.807, 2.05) is 0 Å². The fourth-order valence-corrected chi connectivity index (χ4v) is 5.83. The first-order valence-corrected chi connectivity index (χ1v) is 14.3. The highest BCUT2D eigenvalue weighted by atomic mass is 35.5. The van der Waals surface area contributed by atoms with Crippen molar-refractivity contribution in [1.82, 2.24) is 0 Å². The quantitative estimate of drug-likeness (QED) is 0.233. The summed E-state index contributed by atoms with van der Waals surface area (Å²) in [5.41, 5.74) is 4.33. The van der Waals surface area contributed by atoms with Gasteiger partial charge >= 0.3 is 0 Å². The number of aryl methyl sites for hydroxylation is 4. The topological polar surface area (TPSA) is 0 Å². The molecule has 0 aromatic heterocycles. The average molecular weight is 527 g/mol. The predicted molar refractivity (Wildman–Crippen MR) is 148 cm³/mol. The summed E-state index contributed by atoms with van der Waals surface area (Å²) in [7, 11) is 0. The second kappa shape index (κ2) is 13.5. The number of halogens is 4. The summed E-state index contributed by atoms with van der Waals surface area (Å²) < 4.78 is 43.1. The van der Waals surface area contributed by atoms with Crippen LogP contribution in [0.5, 0.6) is 0 Å². The third kappa shape index (κ3) is 8.11. The zero-order chi connectivity index (χ0) is 26.2. The smallest absolute Gasteiger partial charge is 0.142 e. The molecule has 1 aliphatic rings. The van der Waals surface area contributed by atoms with E-state index < -0.39 is 17.5 Å². The number of benzene rings is 3. The van der Waals surface area contributed by atoms with Crippen LogP contribution in [0.15, 0.2) is 54.6 Å². The molecule has 4 heteroatoms. The van der Waals surface area contributed by atoms with Crippen molar-refractivity contribution in [3.05, 3.63) is 105 Å². The molecule has 0 radical (unpaired) electrons. The van der Waals surface area contributed by atoms with Gasteiger partial charge in [-0.3, -0.25) is 0 Å². The van der Waals surface area contributed by atoms with Gasteiger partial charge in [-0.05, 0) is 103 Å². The molecule has 0 saturated heterocycles. The molecule has 4 rings (SSSR count). The molecule has 0 bridgehead atoms. The minimum absolute atomic E-state index is 0.0481. The van der Waals surface area contributed by atoms with Crippen LogP contribution in [0, 0.1) is 29.3 Å². The summed E-state index contributed by atoms with van der Waals surface area (Å²) in [6.07, 6.45) is 11.9. The Hall–Kier alpha value is -2.26. The van der Waals surface area contributed by atoms with Crippen LogP contribution in [-0.2, 0) is 32.1 Å². The highest BCUT2D eigenvalue weighted by molar-refractivity contribution is 6.30. The van der Waals surface area contributed by atoms with E-state index in [1.54, 1.807) is 6.07 Å². The Bertz CT molecular complexity index is 1120. The van der Waals surface area contributed by atoms with E-state index in [9.17, 15) is 13.2 Å². The highest BCUT2D eigenvalue weighted by Gasteiger charge is 2.21. The Balaban J connectivity index is 1.20. The highest BCUT2D eigenvalue weighted by Crippen LogP contribution is 2.34.